The van der Waals surface area contributed by atoms with E-state index in [1.165, 1.54) is 5.56 Å². The minimum Gasteiger partial charge on any atom is -0.490 e. The molecule has 0 atom stereocenters. The van der Waals surface area contributed by atoms with E-state index in [2.05, 4.69) is 45.7 Å². The summed E-state index contributed by atoms with van der Waals surface area (Å²) in [5.41, 5.74) is 2.96. The number of fused-ring (bicyclic) bond motifs is 2. The summed E-state index contributed by atoms with van der Waals surface area (Å²) in [4.78, 5) is 17.9. The minimum absolute atomic E-state index is 0.00463. The Balaban J connectivity index is 1.13. The summed E-state index contributed by atoms with van der Waals surface area (Å²) in [7, 11) is 0. The Labute approximate surface area is 196 Å². The van der Waals surface area contributed by atoms with E-state index in [9.17, 15) is 4.79 Å². The lowest BCUT2D eigenvalue weighted by Gasteiger charge is -2.32. The molecular formula is C25H30BrN3O3. The van der Waals surface area contributed by atoms with Crippen molar-refractivity contribution in [3.63, 3.8) is 0 Å². The van der Waals surface area contributed by atoms with Crippen molar-refractivity contribution in [2.45, 2.75) is 51.2 Å². The molecule has 3 heterocycles. The van der Waals surface area contributed by atoms with Crippen LogP contribution in [0.1, 0.15) is 44.7 Å². The standard InChI is InChI=1S/C25H30BrN3O3/c1-25(2)16-17-14-18(26)15-22(23(17)32-25)31-13-5-10-28-11-8-19(9-12-28)29-21-7-4-3-6-20(21)27-24(29)30/h3-4,6-7,14-15,19H,5,8-13,16H2,1-2H3,(H,27,30). The second-order valence-electron chi connectivity index (χ2n) is 9.52. The number of hydrogen-bond donors (Lipinski definition) is 1. The smallest absolute Gasteiger partial charge is 0.326 e. The molecule has 2 aromatic carbocycles. The van der Waals surface area contributed by atoms with Gasteiger partial charge in [-0.2, -0.15) is 0 Å². The molecular weight excluding hydrogens is 470 g/mol. The van der Waals surface area contributed by atoms with Crippen LogP contribution < -0.4 is 15.2 Å². The Morgan fingerprint density at radius 3 is 2.81 bits per heavy atom. The lowest BCUT2D eigenvalue weighted by Crippen LogP contribution is -2.37. The maximum Gasteiger partial charge on any atom is 0.326 e. The van der Waals surface area contributed by atoms with Crippen LogP contribution in [0.5, 0.6) is 11.5 Å². The molecule has 2 aliphatic rings. The quantitative estimate of drug-likeness (QED) is 0.489. The highest BCUT2D eigenvalue weighted by Crippen LogP contribution is 2.43. The Morgan fingerprint density at radius 2 is 2.00 bits per heavy atom. The van der Waals surface area contributed by atoms with Gasteiger partial charge in [-0.3, -0.25) is 4.57 Å². The molecule has 7 heteroatoms. The van der Waals surface area contributed by atoms with Gasteiger partial charge in [0.1, 0.15) is 5.60 Å². The number of nitrogens with zero attached hydrogens (tertiary/aromatic N) is 2. The molecule has 1 fully saturated rings. The molecule has 0 amide bonds. The molecule has 0 spiro atoms. The molecule has 32 heavy (non-hydrogen) atoms. The Morgan fingerprint density at radius 1 is 1.22 bits per heavy atom. The number of para-hydroxylation sites is 2. The number of H-pyrrole nitrogens is 1. The van der Waals surface area contributed by atoms with Crippen LogP contribution in [0, 0.1) is 0 Å². The Kier molecular flexibility index (Phi) is 5.80. The summed E-state index contributed by atoms with van der Waals surface area (Å²) in [5, 5.41) is 0. The molecule has 0 saturated carbocycles. The third-order valence-corrected chi connectivity index (χ3v) is 6.97. The van der Waals surface area contributed by atoms with Gasteiger partial charge in [0, 0.05) is 42.1 Å². The Hall–Kier alpha value is -2.25. The predicted molar refractivity (Wildman–Crippen MR) is 130 cm³/mol. The summed E-state index contributed by atoms with van der Waals surface area (Å²) in [6, 6.07) is 12.3. The first kappa shape index (κ1) is 21.6. The van der Waals surface area contributed by atoms with Gasteiger partial charge in [0.2, 0.25) is 0 Å². The van der Waals surface area contributed by atoms with Crippen molar-refractivity contribution in [3.05, 3.63) is 56.9 Å². The van der Waals surface area contributed by atoms with Crippen molar-refractivity contribution < 1.29 is 9.47 Å². The number of halogens is 1. The molecule has 1 aromatic heterocycles. The van der Waals surface area contributed by atoms with Crippen LogP contribution in [0.2, 0.25) is 0 Å². The van der Waals surface area contributed by atoms with Crippen LogP contribution in [-0.4, -0.2) is 46.3 Å². The van der Waals surface area contributed by atoms with Gasteiger partial charge in [0.25, 0.3) is 0 Å². The molecule has 6 nitrogen and oxygen atoms in total. The second kappa shape index (κ2) is 8.60. The van der Waals surface area contributed by atoms with Crippen LogP contribution >= 0.6 is 15.9 Å². The number of piperidine rings is 1. The number of hydrogen-bond acceptors (Lipinski definition) is 4. The van der Waals surface area contributed by atoms with Crippen molar-refractivity contribution in [2.75, 3.05) is 26.2 Å². The highest BCUT2D eigenvalue weighted by molar-refractivity contribution is 9.10. The number of rotatable bonds is 6. The lowest BCUT2D eigenvalue weighted by atomic mass is 10.0. The number of aromatic nitrogens is 2. The first-order valence-corrected chi connectivity index (χ1v) is 12.2. The minimum atomic E-state index is -0.182. The van der Waals surface area contributed by atoms with Gasteiger partial charge >= 0.3 is 5.69 Å². The van der Waals surface area contributed by atoms with E-state index in [0.717, 1.165) is 72.3 Å². The molecule has 2 aliphatic heterocycles. The van der Waals surface area contributed by atoms with E-state index < -0.39 is 0 Å². The SMILES string of the molecule is CC1(C)Cc2cc(Br)cc(OCCCN3CCC(n4c(=O)[nH]c5ccccc54)CC3)c2O1. The average molecular weight is 500 g/mol. The maximum atomic E-state index is 12.5. The summed E-state index contributed by atoms with van der Waals surface area (Å²) in [6.07, 6.45) is 3.84. The maximum absolute atomic E-state index is 12.5. The molecule has 5 rings (SSSR count). The molecule has 1 N–H and O–H groups in total. The van der Waals surface area contributed by atoms with E-state index in [1.54, 1.807) is 0 Å². The van der Waals surface area contributed by atoms with Gasteiger partial charge < -0.3 is 19.4 Å². The lowest BCUT2D eigenvalue weighted by molar-refractivity contribution is 0.130. The normalized spacial score (nSPS) is 18.6. The summed E-state index contributed by atoms with van der Waals surface area (Å²) < 4.78 is 15.2. The van der Waals surface area contributed by atoms with Gasteiger partial charge in [0.05, 0.1) is 17.6 Å². The molecule has 1 saturated heterocycles. The fourth-order valence-electron chi connectivity index (χ4n) is 5.06. The van der Waals surface area contributed by atoms with Crippen LogP contribution in [0.25, 0.3) is 11.0 Å². The third kappa shape index (κ3) is 4.33. The average Bonchev–Trinajstić information content (AvgIpc) is 3.25. The fourth-order valence-corrected chi connectivity index (χ4v) is 5.54. The first-order valence-electron chi connectivity index (χ1n) is 11.5. The van der Waals surface area contributed by atoms with Gasteiger partial charge in [-0.15, -0.1) is 0 Å². The third-order valence-electron chi connectivity index (χ3n) is 6.51. The van der Waals surface area contributed by atoms with Crippen molar-refractivity contribution in [1.29, 1.82) is 0 Å². The Bertz CT molecular complexity index is 1170. The van der Waals surface area contributed by atoms with Crippen molar-refractivity contribution in [1.82, 2.24) is 14.5 Å². The van der Waals surface area contributed by atoms with Gasteiger partial charge in [0.15, 0.2) is 11.5 Å². The summed E-state index contributed by atoms with van der Waals surface area (Å²) >= 11 is 3.60. The van der Waals surface area contributed by atoms with Gasteiger partial charge in [-0.05, 0) is 57.4 Å². The fraction of sp³-hybridized carbons (Fsp3) is 0.480. The first-order chi connectivity index (χ1) is 15.4. The van der Waals surface area contributed by atoms with Crippen molar-refractivity contribution in [2.24, 2.45) is 0 Å². The summed E-state index contributed by atoms with van der Waals surface area (Å²) in [5.74, 6) is 1.72. The van der Waals surface area contributed by atoms with Crippen LogP contribution in [-0.2, 0) is 6.42 Å². The number of likely N-dealkylation sites (tertiary alicyclic amines) is 1. The molecule has 0 unspecified atom stereocenters. The van der Waals surface area contributed by atoms with E-state index in [1.807, 2.05) is 34.9 Å². The number of imidazole rings is 1. The van der Waals surface area contributed by atoms with Gasteiger partial charge in [-0.25, -0.2) is 4.79 Å². The van der Waals surface area contributed by atoms with E-state index in [-0.39, 0.29) is 17.3 Å². The van der Waals surface area contributed by atoms with E-state index >= 15 is 0 Å². The van der Waals surface area contributed by atoms with Crippen LogP contribution in [0.15, 0.2) is 45.7 Å². The number of benzene rings is 2. The molecule has 170 valence electrons. The molecule has 0 bridgehead atoms. The van der Waals surface area contributed by atoms with E-state index in [0.29, 0.717) is 6.61 Å². The number of aromatic amines is 1. The van der Waals surface area contributed by atoms with Crippen molar-refractivity contribution in [3.8, 4) is 11.5 Å². The monoisotopic (exact) mass is 499 g/mol. The second-order valence-corrected chi connectivity index (χ2v) is 10.4. The number of nitrogens with one attached hydrogen (secondary N) is 1. The predicted octanol–water partition coefficient (Wildman–Crippen LogP) is 4.91. The van der Waals surface area contributed by atoms with Crippen LogP contribution in [0.3, 0.4) is 0 Å². The summed E-state index contributed by atoms with van der Waals surface area (Å²) in [6.45, 7) is 7.88. The van der Waals surface area contributed by atoms with Crippen LogP contribution in [0.4, 0.5) is 0 Å². The van der Waals surface area contributed by atoms with Crippen molar-refractivity contribution >= 4 is 27.0 Å². The zero-order valence-corrected chi connectivity index (χ0v) is 20.3. The molecule has 3 aromatic rings. The molecule has 0 radical (unpaired) electrons. The number of ether oxygens (including phenoxy) is 2. The van der Waals surface area contributed by atoms with Gasteiger partial charge in [-0.1, -0.05) is 28.1 Å². The molecule has 0 aliphatic carbocycles. The van der Waals surface area contributed by atoms with E-state index in [4.69, 9.17) is 9.47 Å². The largest absolute Gasteiger partial charge is 0.490 e. The highest BCUT2D eigenvalue weighted by Gasteiger charge is 2.33. The zero-order valence-electron chi connectivity index (χ0n) is 18.7. The zero-order chi connectivity index (χ0) is 22.3. The topological polar surface area (TPSA) is 59.5 Å². The highest BCUT2D eigenvalue weighted by atomic mass is 79.9.